The van der Waals surface area contributed by atoms with Crippen molar-refractivity contribution >= 4 is 38.4 Å². The molecule has 0 aliphatic heterocycles. The average Bonchev–Trinajstić information content (AvgIpc) is 3.09. The number of para-hydroxylation sites is 3. The fraction of sp³-hybridized carbons (Fsp3) is 0. The highest BCUT2D eigenvalue weighted by molar-refractivity contribution is 7.91. The second-order valence-electron chi connectivity index (χ2n) is 4.91. The Bertz CT molecular complexity index is 977. The Morgan fingerprint density at radius 3 is 2.50 bits per heavy atom. The number of carbonyl (C=O) groups excluding carboxylic acids is 1. The van der Waals surface area contributed by atoms with Crippen molar-refractivity contribution in [3.8, 4) is 11.5 Å². The van der Waals surface area contributed by atoms with Crippen LogP contribution in [0.2, 0.25) is 0 Å². The molecule has 0 bridgehead atoms. The van der Waals surface area contributed by atoms with Gasteiger partial charge in [-0.25, -0.2) is 14.5 Å². The molecule has 0 atom stereocenters. The number of benzene rings is 2. The zero-order valence-corrected chi connectivity index (χ0v) is 14.9. The van der Waals surface area contributed by atoms with Crippen molar-refractivity contribution < 1.29 is 17.9 Å². The van der Waals surface area contributed by atoms with Gasteiger partial charge in [0, 0.05) is 11.6 Å². The van der Waals surface area contributed by atoms with Crippen molar-refractivity contribution in [1.82, 2.24) is 9.71 Å². The largest absolute Gasteiger partial charge is 0.455 e. The fourth-order valence-corrected chi connectivity index (χ4v) is 3.28. The zero-order chi connectivity index (χ0) is 18.4. The topological polar surface area (TPSA) is 109 Å². The van der Waals surface area contributed by atoms with E-state index < -0.39 is 16.2 Å². The average molecular weight is 390 g/mol. The summed E-state index contributed by atoms with van der Waals surface area (Å²) in [7, 11) is -4.17. The third-order valence-electron chi connectivity index (χ3n) is 2.98. The maximum Gasteiger partial charge on any atom is 0.336 e. The number of nitrogens with one attached hydrogen (secondary N) is 3. The predicted octanol–water partition coefficient (Wildman–Crippen LogP) is 3.41. The number of ether oxygens (including phenoxy) is 1. The van der Waals surface area contributed by atoms with E-state index in [0.717, 1.165) is 0 Å². The van der Waals surface area contributed by atoms with E-state index in [1.54, 1.807) is 47.8 Å². The lowest BCUT2D eigenvalue weighted by Gasteiger charge is -2.13. The van der Waals surface area contributed by atoms with E-state index in [9.17, 15) is 13.2 Å². The summed E-state index contributed by atoms with van der Waals surface area (Å²) in [6.45, 7) is 0. The smallest absolute Gasteiger partial charge is 0.336 e. The van der Waals surface area contributed by atoms with Gasteiger partial charge in [-0.1, -0.05) is 30.3 Å². The summed E-state index contributed by atoms with van der Waals surface area (Å²) in [5, 5.41) is 4.26. The molecule has 0 aliphatic carbocycles. The van der Waals surface area contributed by atoms with Gasteiger partial charge in [0.25, 0.3) is 0 Å². The molecule has 8 nitrogen and oxygen atoms in total. The molecular formula is C16H14N4O4S2. The molecule has 3 N–H and O–H groups in total. The van der Waals surface area contributed by atoms with Crippen LogP contribution in [0.4, 0.5) is 15.6 Å². The van der Waals surface area contributed by atoms with E-state index in [4.69, 9.17) is 4.74 Å². The molecule has 3 rings (SSSR count). The number of carbonyl (C=O) groups is 1. The predicted molar refractivity (Wildman–Crippen MR) is 99.8 cm³/mol. The SMILES string of the molecule is O=C(Nc1nccs1)NS(=O)(=O)Nc1ccccc1Oc1ccccc1. The second kappa shape index (κ2) is 7.85. The maximum absolute atomic E-state index is 12.2. The van der Waals surface area contributed by atoms with Crippen LogP contribution in [0.3, 0.4) is 0 Å². The summed E-state index contributed by atoms with van der Waals surface area (Å²) in [4.78, 5) is 15.6. The minimum Gasteiger partial charge on any atom is -0.455 e. The number of amides is 2. The van der Waals surface area contributed by atoms with Crippen LogP contribution in [0.1, 0.15) is 0 Å². The molecule has 0 aliphatic rings. The second-order valence-corrected chi connectivity index (χ2v) is 7.22. The van der Waals surface area contributed by atoms with Crippen molar-refractivity contribution in [1.29, 1.82) is 0 Å². The van der Waals surface area contributed by atoms with E-state index in [1.165, 1.54) is 23.6 Å². The molecule has 1 heterocycles. The van der Waals surface area contributed by atoms with Gasteiger partial charge in [-0.2, -0.15) is 8.42 Å². The van der Waals surface area contributed by atoms with Crippen molar-refractivity contribution in [2.24, 2.45) is 0 Å². The van der Waals surface area contributed by atoms with Crippen LogP contribution in [0, 0.1) is 0 Å². The Balaban J connectivity index is 1.70. The first kappa shape index (κ1) is 17.7. The first-order valence-electron chi connectivity index (χ1n) is 7.35. The molecule has 0 spiro atoms. The highest BCUT2D eigenvalue weighted by Gasteiger charge is 2.17. The van der Waals surface area contributed by atoms with Crippen LogP contribution in [-0.4, -0.2) is 19.4 Å². The Hall–Kier alpha value is -3.11. The number of hydrogen-bond donors (Lipinski definition) is 3. The Morgan fingerprint density at radius 2 is 1.77 bits per heavy atom. The minimum absolute atomic E-state index is 0.186. The number of nitrogens with zero attached hydrogens (tertiary/aromatic N) is 1. The summed E-state index contributed by atoms with van der Waals surface area (Å²) in [6, 6.07) is 14.5. The molecule has 2 amide bonds. The van der Waals surface area contributed by atoms with Crippen LogP contribution in [0.5, 0.6) is 11.5 Å². The van der Waals surface area contributed by atoms with Gasteiger partial charge in [0.05, 0.1) is 5.69 Å². The molecular weight excluding hydrogens is 376 g/mol. The lowest BCUT2D eigenvalue weighted by molar-refractivity contribution is 0.256. The monoisotopic (exact) mass is 390 g/mol. The van der Waals surface area contributed by atoms with Crippen LogP contribution in [0.25, 0.3) is 0 Å². The van der Waals surface area contributed by atoms with Gasteiger partial charge in [0.1, 0.15) is 5.75 Å². The van der Waals surface area contributed by atoms with Gasteiger partial charge >= 0.3 is 16.2 Å². The summed E-state index contributed by atoms with van der Waals surface area (Å²) in [5.41, 5.74) is 0.186. The van der Waals surface area contributed by atoms with Gasteiger partial charge in [-0.15, -0.1) is 11.3 Å². The Kier molecular flexibility index (Phi) is 5.34. The van der Waals surface area contributed by atoms with E-state index >= 15 is 0 Å². The Morgan fingerprint density at radius 1 is 1.04 bits per heavy atom. The number of rotatable bonds is 6. The first-order valence-corrected chi connectivity index (χ1v) is 9.71. The van der Waals surface area contributed by atoms with Crippen molar-refractivity contribution in [2.75, 3.05) is 10.0 Å². The molecule has 0 unspecified atom stereocenters. The quantitative estimate of drug-likeness (QED) is 0.597. The summed E-state index contributed by atoms with van der Waals surface area (Å²) < 4.78 is 34.2. The molecule has 1 aromatic heterocycles. The Labute approximate surface area is 154 Å². The third kappa shape index (κ3) is 4.94. The standard InChI is InChI=1S/C16H14N4O4S2/c21-15(18-16-17-10-11-25-16)20-26(22,23)19-13-8-4-5-9-14(13)24-12-6-2-1-3-7-12/h1-11,19H,(H2,17,18,20,21). The highest BCUT2D eigenvalue weighted by Crippen LogP contribution is 2.29. The summed E-state index contributed by atoms with van der Waals surface area (Å²) in [6.07, 6.45) is 1.49. The first-order chi connectivity index (χ1) is 12.5. The van der Waals surface area contributed by atoms with E-state index in [1.807, 2.05) is 10.8 Å². The lowest BCUT2D eigenvalue weighted by atomic mass is 10.3. The molecule has 3 aromatic rings. The number of thiazole rings is 1. The lowest BCUT2D eigenvalue weighted by Crippen LogP contribution is -2.38. The molecule has 0 saturated carbocycles. The van der Waals surface area contributed by atoms with Crippen molar-refractivity contribution in [3.05, 3.63) is 66.2 Å². The van der Waals surface area contributed by atoms with Crippen LogP contribution >= 0.6 is 11.3 Å². The van der Waals surface area contributed by atoms with Crippen LogP contribution in [0.15, 0.2) is 66.2 Å². The zero-order valence-electron chi connectivity index (χ0n) is 13.2. The molecule has 0 saturated heterocycles. The number of aromatic nitrogens is 1. The van der Waals surface area contributed by atoms with Gasteiger partial charge < -0.3 is 4.74 Å². The molecule has 26 heavy (non-hydrogen) atoms. The third-order valence-corrected chi connectivity index (χ3v) is 4.61. The normalized spacial score (nSPS) is 10.8. The van der Waals surface area contributed by atoms with Gasteiger partial charge in [-0.3, -0.25) is 10.0 Å². The molecule has 0 fully saturated rings. The molecule has 10 heteroatoms. The minimum atomic E-state index is -4.17. The van der Waals surface area contributed by atoms with E-state index in [0.29, 0.717) is 11.5 Å². The molecule has 134 valence electrons. The highest BCUT2D eigenvalue weighted by atomic mass is 32.2. The number of urea groups is 1. The van der Waals surface area contributed by atoms with E-state index in [2.05, 4.69) is 15.0 Å². The van der Waals surface area contributed by atoms with Gasteiger partial charge in [-0.05, 0) is 24.3 Å². The molecule has 0 radical (unpaired) electrons. The molecule has 2 aromatic carbocycles. The van der Waals surface area contributed by atoms with Gasteiger partial charge in [0.15, 0.2) is 10.9 Å². The van der Waals surface area contributed by atoms with Gasteiger partial charge in [0.2, 0.25) is 0 Å². The van der Waals surface area contributed by atoms with Crippen molar-refractivity contribution in [2.45, 2.75) is 0 Å². The van der Waals surface area contributed by atoms with Crippen molar-refractivity contribution in [3.63, 3.8) is 0 Å². The van der Waals surface area contributed by atoms with Crippen LogP contribution in [-0.2, 0) is 10.2 Å². The fourth-order valence-electron chi connectivity index (χ4n) is 1.96. The number of anilines is 2. The summed E-state index contributed by atoms with van der Waals surface area (Å²) in [5.74, 6) is 0.845. The van der Waals surface area contributed by atoms with E-state index in [-0.39, 0.29) is 10.8 Å². The van der Waals surface area contributed by atoms with Crippen LogP contribution < -0.4 is 19.5 Å². The summed E-state index contributed by atoms with van der Waals surface area (Å²) >= 11 is 1.17. The maximum atomic E-state index is 12.2. The number of hydrogen-bond acceptors (Lipinski definition) is 6.